The van der Waals surface area contributed by atoms with E-state index >= 15 is 0 Å². The molecule has 0 aromatic carbocycles. The maximum Gasteiger partial charge on any atom is 0.227 e. The summed E-state index contributed by atoms with van der Waals surface area (Å²) in [5, 5.41) is 6.87. The fraction of sp³-hybridized carbons (Fsp3) is 0.333. The molecule has 4 nitrogen and oxygen atoms in total. The first-order valence-electron chi connectivity index (χ1n) is 4.65. The van der Waals surface area contributed by atoms with Gasteiger partial charge in [0.2, 0.25) is 5.89 Å². The van der Waals surface area contributed by atoms with Crippen LogP contribution in [0.15, 0.2) is 25.2 Å². The Morgan fingerprint density at radius 3 is 2.94 bits per heavy atom. The Balaban J connectivity index is 1.72. The SMILES string of the molecule is Brc1cc(CNCCc2ncno2)sc1Br. The van der Waals surface area contributed by atoms with Crippen LogP contribution in [0.5, 0.6) is 0 Å². The van der Waals surface area contributed by atoms with Crippen LogP contribution in [0.1, 0.15) is 10.8 Å². The van der Waals surface area contributed by atoms with Gasteiger partial charge in [-0.05, 0) is 37.9 Å². The normalized spacial score (nSPS) is 10.9. The average molecular weight is 367 g/mol. The Morgan fingerprint density at radius 2 is 2.31 bits per heavy atom. The van der Waals surface area contributed by atoms with Crippen molar-refractivity contribution in [1.82, 2.24) is 15.5 Å². The minimum absolute atomic E-state index is 0.668. The van der Waals surface area contributed by atoms with E-state index in [2.05, 4.69) is 53.4 Å². The minimum atomic E-state index is 0.668. The molecule has 2 rings (SSSR count). The van der Waals surface area contributed by atoms with E-state index in [0.717, 1.165) is 27.8 Å². The highest BCUT2D eigenvalue weighted by atomic mass is 79.9. The highest BCUT2D eigenvalue weighted by molar-refractivity contribution is 9.13. The topological polar surface area (TPSA) is 51.0 Å². The summed E-state index contributed by atoms with van der Waals surface area (Å²) in [5.74, 6) is 0.668. The van der Waals surface area contributed by atoms with Crippen molar-refractivity contribution >= 4 is 43.2 Å². The van der Waals surface area contributed by atoms with Crippen molar-refractivity contribution in [1.29, 1.82) is 0 Å². The molecular weight excluding hydrogens is 358 g/mol. The van der Waals surface area contributed by atoms with Crippen molar-refractivity contribution in [3.63, 3.8) is 0 Å². The van der Waals surface area contributed by atoms with Crippen molar-refractivity contribution < 1.29 is 4.52 Å². The molecule has 0 aliphatic carbocycles. The van der Waals surface area contributed by atoms with Gasteiger partial charge in [-0.15, -0.1) is 11.3 Å². The molecule has 0 aliphatic heterocycles. The van der Waals surface area contributed by atoms with Crippen LogP contribution in [0.2, 0.25) is 0 Å². The molecule has 16 heavy (non-hydrogen) atoms. The number of hydrogen-bond acceptors (Lipinski definition) is 5. The van der Waals surface area contributed by atoms with Gasteiger partial charge in [-0.3, -0.25) is 0 Å². The summed E-state index contributed by atoms with van der Waals surface area (Å²) in [5.41, 5.74) is 0. The van der Waals surface area contributed by atoms with Crippen LogP contribution in [-0.4, -0.2) is 16.7 Å². The van der Waals surface area contributed by atoms with E-state index in [1.165, 1.54) is 11.2 Å². The summed E-state index contributed by atoms with van der Waals surface area (Å²) in [4.78, 5) is 5.23. The monoisotopic (exact) mass is 365 g/mol. The lowest BCUT2D eigenvalue weighted by molar-refractivity contribution is 0.375. The molecule has 0 saturated carbocycles. The second-order valence-corrected chi connectivity index (χ2v) is 6.41. The summed E-state index contributed by atoms with van der Waals surface area (Å²) >= 11 is 8.64. The lowest BCUT2D eigenvalue weighted by atomic mass is 10.4. The van der Waals surface area contributed by atoms with Crippen molar-refractivity contribution in [2.24, 2.45) is 0 Å². The maximum absolute atomic E-state index is 4.90. The zero-order chi connectivity index (χ0) is 11.4. The molecule has 0 unspecified atom stereocenters. The lowest BCUT2D eigenvalue weighted by Crippen LogP contribution is -2.16. The summed E-state index contributed by atoms with van der Waals surface area (Å²) < 4.78 is 7.12. The first-order chi connectivity index (χ1) is 7.75. The van der Waals surface area contributed by atoms with Crippen molar-refractivity contribution in [3.05, 3.63) is 31.4 Å². The van der Waals surface area contributed by atoms with Crippen LogP contribution in [-0.2, 0) is 13.0 Å². The molecule has 2 aromatic heterocycles. The Hall–Kier alpha value is -0.240. The molecule has 86 valence electrons. The molecule has 0 fully saturated rings. The molecule has 2 heterocycles. The van der Waals surface area contributed by atoms with Gasteiger partial charge in [0.1, 0.15) is 0 Å². The van der Waals surface area contributed by atoms with E-state index in [0.29, 0.717) is 5.89 Å². The third kappa shape index (κ3) is 3.38. The molecule has 0 spiro atoms. The summed E-state index contributed by atoms with van der Waals surface area (Å²) in [6, 6.07) is 2.11. The smallest absolute Gasteiger partial charge is 0.227 e. The fourth-order valence-corrected chi connectivity index (χ4v) is 3.34. The summed E-state index contributed by atoms with van der Waals surface area (Å²) in [6.45, 7) is 1.68. The van der Waals surface area contributed by atoms with Crippen molar-refractivity contribution in [3.8, 4) is 0 Å². The largest absolute Gasteiger partial charge is 0.340 e. The van der Waals surface area contributed by atoms with E-state index in [9.17, 15) is 0 Å². The van der Waals surface area contributed by atoms with Gasteiger partial charge in [0.25, 0.3) is 0 Å². The van der Waals surface area contributed by atoms with Crippen LogP contribution in [0, 0.1) is 0 Å². The number of hydrogen-bond donors (Lipinski definition) is 1. The van der Waals surface area contributed by atoms with Gasteiger partial charge in [0, 0.05) is 28.9 Å². The van der Waals surface area contributed by atoms with E-state index in [1.54, 1.807) is 11.3 Å². The number of nitrogens with zero attached hydrogens (tertiary/aromatic N) is 2. The molecule has 0 radical (unpaired) electrons. The first kappa shape index (κ1) is 12.2. The standard InChI is InChI=1S/C9H9Br2N3OS/c10-7-3-6(16-9(7)11)4-12-2-1-8-13-5-14-15-8/h3,5,12H,1-2,4H2. The quantitative estimate of drug-likeness (QED) is 0.826. The predicted octanol–water partition coefficient (Wildman–Crippen LogP) is 2.99. The highest BCUT2D eigenvalue weighted by Crippen LogP contribution is 2.32. The Bertz CT molecular complexity index is 424. The molecular formula is C9H9Br2N3OS. The van der Waals surface area contributed by atoms with E-state index < -0.39 is 0 Å². The second kappa shape index (κ2) is 5.90. The van der Waals surface area contributed by atoms with Crippen LogP contribution >= 0.6 is 43.2 Å². The molecule has 0 saturated heterocycles. The number of thiophene rings is 1. The summed E-state index contributed by atoms with van der Waals surface area (Å²) in [6.07, 6.45) is 2.18. The number of nitrogens with one attached hydrogen (secondary N) is 1. The van der Waals surface area contributed by atoms with E-state index in [-0.39, 0.29) is 0 Å². The first-order valence-corrected chi connectivity index (χ1v) is 7.06. The zero-order valence-corrected chi connectivity index (χ0v) is 12.2. The van der Waals surface area contributed by atoms with Gasteiger partial charge in [-0.25, -0.2) is 0 Å². The zero-order valence-electron chi connectivity index (χ0n) is 8.24. The van der Waals surface area contributed by atoms with Crippen LogP contribution in [0.3, 0.4) is 0 Å². The van der Waals surface area contributed by atoms with Crippen LogP contribution in [0.25, 0.3) is 0 Å². The molecule has 0 atom stereocenters. The Kier molecular flexibility index (Phi) is 4.51. The molecule has 0 bridgehead atoms. The number of halogens is 2. The second-order valence-electron chi connectivity index (χ2n) is 3.10. The minimum Gasteiger partial charge on any atom is -0.340 e. The van der Waals surface area contributed by atoms with Gasteiger partial charge >= 0.3 is 0 Å². The summed E-state index contributed by atoms with van der Waals surface area (Å²) in [7, 11) is 0. The fourth-order valence-electron chi connectivity index (χ4n) is 1.19. The van der Waals surface area contributed by atoms with E-state index in [1.807, 2.05) is 0 Å². The Morgan fingerprint density at radius 1 is 1.44 bits per heavy atom. The average Bonchev–Trinajstić information content (AvgIpc) is 2.85. The third-order valence-electron chi connectivity index (χ3n) is 1.92. The van der Waals surface area contributed by atoms with Gasteiger partial charge in [0.05, 0.1) is 3.79 Å². The van der Waals surface area contributed by atoms with E-state index in [4.69, 9.17) is 4.52 Å². The predicted molar refractivity (Wildman–Crippen MR) is 69.4 cm³/mol. The molecule has 1 N–H and O–H groups in total. The van der Waals surface area contributed by atoms with Crippen molar-refractivity contribution in [2.45, 2.75) is 13.0 Å². The molecule has 0 aliphatic rings. The lowest BCUT2D eigenvalue weighted by Gasteiger charge is -1.99. The number of aromatic nitrogens is 2. The van der Waals surface area contributed by atoms with Gasteiger partial charge in [0.15, 0.2) is 6.33 Å². The number of rotatable bonds is 5. The molecule has 0 amide bonds. The molecule has 7 heteroatoms. The van der Waals surface area contributed by atoms with Crippen LogP contribution in [0.4, 0.5) is 0 Å². The maximum atomic E-state index is 4.90. The van der Waals surface area contributed by atoms with Gasteiger partial charge < -0.3 is 9.84 Å². The van der Waals surface area contributed by atoms with Crippen LogP contribution < -0.4 is 5.32 Å². The third-order valence-corrected chi connectivity index (χ3v) is 5.17. The highest BCUT2D eigenvalue weighted by Gasteiger charge is 2.04. The van der Waals surface area contributed by atoms with Crippen molar-refractivity contribution in [2.75, 3.05) is 6.54 Å². The Labute approximate surface area is 114 Å². The van der Waals surface area contributed by atoms with Gasteiger partial charge in [-0.1, -0.05) is 5.16 Å². The van der Waals surface area contributed by atoms with Gasteiger partial charge in [-0.2, -0.15) is 4.98 Å². The molecule has 2 aromatic rings.